The summed E-state index contributed by atoms with van der Waals surface area (Å²) in [7, 11) is 1.45. The molecule has 94 valence electrons. The molecule has 0 heterocycles. The van der Waals surface area contributed by atoms with E-state index in [4.69, 9.17) is 10.5 Å². The minimum absolute atomic E-state index is 0.136. The van der Waals surface area contributed by atoms with Crippen molar-refractivity contribution in [3.05, 3.63) is 0 Å². The Balaban J connectivity index is 2.45. The van der Waals surface area contributed by atoms with Crippen LogP contribution in [0.5, 0.6) is 0 Å². The number of carbonyl (C=O) groups excluding carboxylic acids is 1. The molecule has 1 aliphatic carbocycles. The van der Waals surface area contributed by atoms with Gasteiger partial charge in [-0.05, 0) is 38.6 Å². The molecule has 0 unspecified atom stereocenters. The first-order valence-corrected chi connectivity index (χ1v) is 6.23. The van der Waals surface area contributed by atoms with Crippen LogP contribution in [0.15, 0.2) is 0 Å². The highest BCUT2D eigenvalue weighted by atomic mass is 16.5. The number of rotatable bonds is 5. The topological polar surface area (TPSA) is 55.6 Å². The molecule has 0 bridgehead atoms. The van der Waals surface area contributed by atoms with E-state index in [2.05, 4.69) is 11.8 Å². The normalized spacial score (nSPS) is 25.8. The smallest absolute Gasteiger partial charge is 0.319 e. The molecule has 1 rings (SSSR count). The van der Waals surface area contributed by atoms with Gasteiger partial charge in [-0.2, -0.15) is 0 Å². The zero-order valence-corrected chi connectivity index (χ0v) is 10.4. The van der Waals surface area contributed by atoms with Gasteiger partial charge >= 0.3 is 5.97 Å². The Morgan fingerprint density at radius 3 is 2.50 bits per heavy atom. The predicted octanol–water partition coefficient (Wildman–Crippen LogP) is 1.14. The van der Waals surface area contributed by atoms with Gasteiger partial charge in [0.05, 0.1) is 13.7 Å². The molecular weight excluding hydrogens is 204 g/mol. The minimum atomic E-state index is -0.136. The molecule has 0 saturated heterocycles. The van der Waals surface area contributed by atoms with Gasteiger partial charge in [0, 0.05) is 12.1 Å². The number of nitrogens with zero attached hydrogens (tertiary/aromatic N) is 1. The lowest BCUT2D eigenvalue weighted by molar-refractivity contribution is -0.142. The van der Waals surface area contributed by atoms with E-state index in [0.29, 0.717) is 18.6 Å². The Kier molecular flexibility index (Phi) is 5.77. The van der Waals surface area contributed by atoms with E-state index in [9.17, 15) is 4.79 Å². The summed E-state index contributed by atoms with van der Waals surface area (Å²) in [4.78, 5) is 13.6. The van der Waals surface area contributed by atoms with E-state index in [1.54, 1.807) is 0 Å². The van der Waals surface area contributed by atoms with Gasteiger partial charge in [0.1, 0.15) is 0 Å². The predicted molar refractivity (Wildman–Crippen MR) is 64.1 cm³/mol. The van der Waals surface area contributed by atoms with Crippen LogP contribution in [0.1, 0.15) is 39.0 Å². The lowest BCUT2D eigenvalue weighted by atomic mass is 9.90. The number of carbonyl (C=O) groups is 1. The van der Waals surface area contributed by atoms with Gasteiger partial charge in [-0.3, -0.25) is 9.69 Å². The van der Waals surface area contributed by atoms with Crippen LogP contribution in [0.2, 0.25) is 0 Å². The van der Waals surface area contributed by atoms with Gasteiger partial charge in [0.15, 0.2) is 0 Å². The third-order valence-electron chi connectivity index (χ3n) is 3.33. The van der Waals surface area contributed by atoms with Crippen LogP contribution in [0.3, 0.4) is 0 Å². The Labute approximate surface area is 98.1 Å². The van der Waals surface area contributed by atoms with Crippen molar-refractivity contribution in [2.24, 2.45) is 5.73 Å². The van der Waals surface area contributed by atoms with Crippen LogP contribution in [0, 0.1) is 0 Å². The SMILES string of the molecule is CCCN(CC(=O)OC)C1CCC(N)CC1. The second-order valence-electron chi connectivity index (χ2n) is 4.62. The van der Waals surface area contributed by atoms with Crippen molar-refractivity contribution in [1.82, 2.24) is 4.90 Å². The van der Waals surface area contributed by atoms with Crippen LogP contribution in [0.25, 0.3) is 0 Å². The second kappa shape index (κ2) is 6.86. The third-order valence-corrected chi connectivity index (χ3v) is 3.33. The maximum atomic E-state index is 11.3. The standard InChI is InChI=1S/C12H24N2O2/c1-3-8-14(9-12(15)16-2)11-6-4-10(13)5-7-11/h10-11H,3-9,13H2,1-2H3. The molecule has 4 heteroatoms. The van der Waals surface area contributed by atoms with Crippen molar-refractivity contribution in [3.8, 4) is 0 Å². The average molecular weight is 228 g/mol. The largest absolute Gasteiger partial charge is 0.468 e. The molecule has 1 aliphatic rings. The lowest BCUT2D eigenvalue weighted by Crippen LogP contribution is -2.43. The van der Waals surface area contributed by atoms with E-state index in [1.165, 1.54) is 7.11 Å². The maximum Gasteiger partial charge on any atom is 0.319 e. The summed E-state index contributed by atoms with van der Waals surface area (Å²) in [5.41, 5.74) is 5.89. The molecular formula is C12H24N2O2. The van der Waals surface area contributed by atoms with Crippen molar-refractivity contribution in [2.75, 3.05) is 20.2 Å². The second-order valence-corrected chi connectivity index (χ2v) is 4.62. The quantitative estimate of drug-likeness (QED) is 0.717. The van der Waals surface area contributed by atoms with Gasteiger partial charge in [0.2, 0.25) is 0 Å². The van der Waals surface area contributed by atoms with Crippen molar-refractivity contribution < 1.29 is 9.53 Å². The van der Waals surface area contributed by atoms with Crippen LogP contribution < -0.4 is 5.73 Å². The molecule has 1 saturated carbocycles. The van der Waals surface area contributed by atoms with Gasteiger partial charge in [-0.1, -0.05) is 6.92 Å². The van der Waals surface area contributed by atoms with Crippen molar-refractivity contribution in [2.45, 2.75) is 51.1 Å². The van der Waals surface area contributed by atoms with Crippen molar-refractivity contribution in [3.63, 3.8) is 0 Å². The molecule has 2 N–H and O–H groups in total. The number of ether oxygens (including phenoxy) is 1. The molecule has 0 amide bonds. The van der Waals surface area contributed by atoms with E-state index in [0.717, 1.165) is 38.6 Å². The highest BCUT2D eigenvalue weighted by Crippen LogP contribution is 2.22. The lowest BCUT2D eigenvalue weighted by Gasteiger charge is -2.35. The fraction of sp³-hybridized carbons (Fsp3) is 0.917. The van der Waals surface area contributed by atoms with Crippen LogP contribution in [0.4, 0.5) is 0 Å². The summed E-state index contributed by atoms with van der Waals surface area (Å²) in [5.74, 6) is -0.136. The van der Waals surface area contributed by atoms with Crippen LogP contribution in [-0.2, 0) is 9.53 Å². The molecule has 0 atom stereocenters. The summed E-state index contributed by atoms with van der Waals surface area (Å²) < 4.78 is 4.73. The van der Waals surface area contributed by atoms with Gasteiger partial charge in [-0.15, -0.1) is 0 Å². The van der Waals surface area contributed by atoms with Crippen LogP contribution >= 0.6 is 0 Å². The summed E-state index contributed by atoms with van der Waals surface area (Å²) in [6.45, 7) is 3.53. The van der Waals surface area contributed by atoms with Gasteiger partial charge in [0.25, 0.3) is 0 Å². The number of hydrogen-bond acceptors (Lipinski definition) is 4. The molecule has 0 spiro atoms. The summed E-state index contributed by atoms with van der Waals surface area (Å²) in [6, 6.07) is 0.872. The maximum absolute atomic E-state index is 11.3. The molecule has 0 aromatic rings. The first-order valence-electron chi connectivity index (χ1n) is 6.23. The fourth-order valence-electron chi connectivity index (χ4n) is 2.38. The molecule has 0 aromatic carbocycles. The Morgan fingerprint density at radius 2 is 2.00 bits per heavy atom. The molecule has 0 aromatic heterocycles. The van der Waals surface area contributed by atoms with Crippen molar-refractivity contribution >= 4 is 5.97 Å². The van der Waals surface area contributed by atoms with Gasteiger partial charge in [-0.25, -0.2) is 0 Å². The molecule has 16 heavy (non-hydrogen) atoms. The molecule has 1 fully saturated rings. The third kappa shape index (κ3) is 4.10. The number of esters is 1. The zero-order valence-electron chi connectivity index (χ0n) is 10.4. The summed E-state index contributed by atoms with van der Waals surface area (Å²) in [5, 5.41) is 0. The Hall–Kier alpha value is -0.610. The highest BCUT2D eigenvalue weighted by Gasteiger charge is 2.25. The zero-order chi connectivity index (χ0) is 12.0. The number of nitrogens with two attached hydrogens (primary N) is 1. The molecule has 0 aliphatic heterocycles. The van der Waals surface area contributed by atoms with Crippen molar-refractivity contribution in [1.29, 1.82) is 0 Å². The average Bonchev–Trinajstić information content (AvgIpc) is 2.29. The monoisotopic (exact) mass is 228 g/mol. The van der Waals surface area contributed by atoms with E-state index >= 15 is 0 Å². The fourth-order valence-corrected chi connectivity index (χ4v) is 2.38. The first-order chi connectivity index (χ1) is 7.67. The van der Waals surface area contributed by atoms with Gasteiger partial charge < -0.3 is 10.5 Å². The number of hydrogen-bond donors (Lipinski definition) is 1. The van der Waals surface area contributed by atoms with E-state index < -0.39 is 0 Å². The minimum Gasteiger partial charge on any atom is -0.468 e. The Bertz CT molecular complexity index is 213. The Morgan fingerprint density at radius 1 is 1.38 bits per heavy atom. The summed E-state index contributed by atoms with van der Waals surface area (Å²) >= 11 is 0. The van der Waals surface area contributed by atoms with E-state index in [1.807, 2.05) is 0 Å². The first kappa shape index (κ1) is 13.5. The number of methoxy groups -OCH3 is 1. The molecule has 0 radical (unpaired) electrons. The van der Waals surface area contributed by atoms with Crippen LogP contribution in [-0.4, -0.2) is 43.2 Å². The highest BCUT2D eigenvalue weighted by molar-refractivity contribution is 5.71. The van der Waals surface area contributed by atoms with E-state index in [-0.39, 0.29) is 5.97 Å². The molecule has 4 nitrogen and oxygen atoms in total. The summed E-state index contributed by atoms with van der Waals surface area (Å²) in [6.07, 6.45) is 5.44.